The molecule has 1 aliphatic rings. The fourth-order valence-corrected chi connectivity index (χ4v) is 3.43. The second kappa shape index (κ2) is 7.88. The van der Waals surface area contributed by atoms with Gasteiger partial charge in [-0.3, -0.25) is 19.3 Å². The fraction of sp³-hybridized carbons (Fsp3) is 0.105. The number of imide groups is 1. The number of anilines is 1. The summed E-state index contributed by atoms with van der Waals surface area (Å²) >= 11 is 4.19. The predicted molar refractivity (Wildman–Crippen MR) is 107 cm³/mol. The number of aryl methyl sites for hydroxylation is 1. The Kier molecular flexibility index (Phi) is 5.58. The number of hydrogen-bond acceptors (Lipinski definition) is 4. The minimum absolute atomic E-state index is 0.306. The first-order chi connectivity index (χ1) is 12.4. The third-order valence-electron chi connectivity index (χ3n) is 3.68. The number of carbonyl (C=O) groups excluding carboxylic acids is 3. The molecule has 0 spiro atoms. The Hall–Kier alpha value is -2.38. The molecule has 0 aromatic heterocycles. The average Bonchev–Trinajstić information content (AvgIpc) is 2.86. The van der Waals surface area contributed by atoms with Crippen molar-refractivity contribution in [3.8, 4) is 0 Å². The van der Waals surface area contributed by atoms with Gasteiger partial charge < -0.3 is 5.32 Å². The maximum Gasteiger partial charge on any atom is 0.294 e. The van der Waals surface area contributed by atoms with Crippen LogP contribution in [0.25, 0.3) is 6.08 Å². The molecule has 0 bridgehead atoms. The topological polar surface area (TPSA) is 66.5 Å². The van der Waals surface area contributed by atoms with Gasteiger partial charge in [0.05, 0.1) is 4.91 Å². The molecule has 26 heavy (non-hydrogen) atoms. The zero-order chi connectivity index (χ0) is 18.7. The molecule has 1 heterocycles. The van der Waals surface area contributed by atoms with E-state index in [2.05, 4.69) is 21.2 Å². The standard InChI is InChI=1S/C19H15BrN2O3S/c1-12-2-8-15(9-3-12)21-17(23)11-22-18(24)16(26-19(22)25)10-13-4-6-14(20)7-5-13/h2-10H,11H2,1H3,(H,21,23)/b16-10-. The minimum atomic E-state index is -0.457. The van der Waals surface area contributed by atoms with Crippen molar-refractivity contribution in [2.75, 3.05) is 11.9 Å². The van der Waals surface area contributed by atoms with Gasteiger partial charge in [0.2, 0.25) is 5.91 Å². The summed E-state index contributed by atoms with van der Waals surface area (Å²) in [7, 11) is 0. The van der Waals surface area contributed by atoms with Gasteiger partial charge in [0.1, 0.15) is 6.54 Å². The normalized spacial score (nSPS) is 15.6. The lowest BCUT2D eigenvalue weighted by Crippen LogP contribution is -2.36. The lowest BCUT2D eigenvalue weighted by Gasteiger charge is -2.12. The van der Waals surface area contributed by atoms with Crippen LogP contribution in [0, 0.1) is 6.92 Å². The molecule has 2 aromatic carbocycles. The van der Waals surface area contributed by atoms with Crippen LogP contribution < -0.4 is 5.32 Å². The van der Waals surface area contributed by atoms with Gasteiger partial charge in [-0.2, -0.15) is 0 Å². The first-order valence-electron chi connectivity index (χ1n) is 7.80. The molecule has 0 unspecified atom stereocenters. The van der Waals surface area contributed by atoms with Crippen LogP contribution in [-0.2, 0) is 9.59 Å². The Balaban J connectivity index is 1.67. The van der Waals surface area contributed by atoms with Crippen molar-refractivity contribution in [1.29, 1.82) is 0 Å². The Labute approximate surface area is 163 Å². The molecule has 0 atom stereocenters. The summed E-state index contributed by atoms with van der Waals surface area (Å²) in [6.45, 7) is 1.64. The van der Waals surface area contributed by atoms with Crippen molar-refractivity contribution in [2.24, 2.45) is 0 Å². The molecule has 0 aliphatic carbocycles. The second-order valence-electron chi connectivity index (χ2n) is 5.73. The van der Waals surface area contributed by atoms with Gasteiger partial charge in [-0.25, -0.2) is 0 Å². The molecule has 132 valence electrons. The lowest BCUT2D eigenvalue weighted by atomic mass is 10.2. The van der Waals surface area contributed by atoms with Crippen molar-refractivity contribution in [3.05, 3.63) is 69.0 Å². The number of benzene rings is 2. The van der Waals surface area contributed by atoms with E-state index in [0.29, 0.717) is 10.6 Å². The maximum absolute atomic E-state index is 12.4. The third kappa shape index (κ3) is 4.42. The number of amides is 3. The van der Waals surface area contributed by atoms with Crippen molar-refractivity contribution in [3.63, 3.8) is 0 Å². The summed E-state index contributed by atoms with van der Waals surface area (Å²) in [4.78, 5) is 38.0. The summed E-state index contributed by atoms with van der Waals surface area (Å²) in [6, 6.07) is 14.7. The SMILES string of the molecule is Cc1ccc(NC(=O)CN2C(=O)S/C(=C\c3ccc(Br)cc3)C2=O)cc1. The van der Waals surface area contributed by atoms with Crippen LogP contribution in [0.1, 0.15) is 11.1 Å². The van der Waals surface area contributed by atoms with Crippen molar-refractivity contribution < 1.29 is 14.4 Å². The van der Waals surface area contributed by atoms with Crippen LogP contribution in [0.5, 0.6) is 0 Å². The smallest absolute Gasteiger partial charge is 0.294 e. The zero-order valence-corrected chi connectivity index (χ0v) is 16.3. The Bertz CT molecular complexity index is 892. The maximum atomic E-state index is 12.4. The molecule has 0 radical (unpaired) electrons. The van der Waals surface area contributed by atoms with E-state index in [4.69, 9.17) is 0 Å². The molecule has 3 rings (SSSR count). The number of carbonyl (C=O) groups is 3. The van der Waals surface area contributed by atoms with Crippen LogP contribution in [0.2, 0.25) is 0 Å². The number of nitrogens with one attached hydrogen (secondary N) is 1. The molecular formula is C19H15BrN2O3S. The van der Waals surface area contributed by atoms with Crippen LogP contribution in [0.3, 0.4) is 0 Å². The number of halogens is 1. The predicted octanol–water partition coefficient (Wildman–Crippen LogP) is 4.43. The summed E-state index contributed by atoms with van der Waals surface area (Å²) in [5, 5.41) is 2.24. The van der Waals surface area contributed by atoms with Gasteiger partial charge in [0, 0.05) is 10.2 Å². The summed E-state index contributed by atoms with van der Waals surface area (Å²) in [5.74, 6) is -0.872. The van der Waals surface area contributed by atoms with E-state index in [1.807, 2.05) is 43.3 Å². The molecule has 0 saturated carbocycles. The molecule has 1 aliphatic heterocycles. The lowest BCUT2D eigenvalue weighted by molar-refractivity contribution is -0.127. The molecular weight excluding hydrogens is 416 g/mol. The van der Waals surface area contributed by atoms with Gasteiger partial charge in [-0.1, -0.05) is 45.8 Å². The molecule has 5 nitrogen and oxygen atoms in total. The molecule has 7 heteroatoms. The highest BCUT2D eigenvalue weighted by Crippen LogP contribution is 2.32. The van der Waals surface area contributed by atoms with Crippen molar-refractivity contribution in [2.45, 2.75) is 6.92 Å². The summed E-state index contributed by atoms with van der Waals surface area (Å²) in [6.07, 6.45) is 1.65. The van der Waals surface area contributed by atoms with E-state index in [0.717, 1.165) is 32.3 Å². The molecule has 2 aromatic rings. The summed E-state index contributed by atoms with van der Waals surface area (Å²) in [5.41, 5.74) is 2.51. The highest BCUT2D eigenvalue weighted by atomic mass is 79.9. The highest BCUT2D eigenvalue weighted by molar-refractivity contribution is 9.10. The van der Waals surface area contributed by atoms with Gasteiger partial charge >= 0.3 is 0 Å². The molecule has 3 amide bonds. The number of rotatable bonds is 4. The molecule has 1 N–H and O–H groups in total. The van der Waals surface area contributed by atoms with Gasteiger partial charge in [0.15, 0.2) is 0 Å². The van der Waals surface area contributed by atoms with Crippen LogP contribution >= 0.6 is 27.7 Å². The molecule has 1 saturated heterocycles. The third-order valence-corrected chi connectivity index (χ3v) is 5.11. The van der Waals surface area contributed by atoms with Gasteiger partial charge in [-0.15, -0.1) is 0 Å². The van der Waals surface area contributed by atoms with Crippen molar-refractivity contribution >= 4 is 56.5 Å². The quantitative estimate of drug-likeness (QED) is 0.728. The Morgan fingerprint density at radius 3 is 2.42 bits per heavy atom. The van der Waals surface area contributed by atoms with Crippen LogP contribution in [-0.4, -0.2) is 28.5 Å². The largest absolute Gasteiger partial charge is 0.325 e. The van der Waals surface area contributed by atoms with Crippen LogP contribution in [0.15, 0.2) is 57.9 Å². The van der Waals surface area contributed by atoms with E-state index < -0.39 is 17.1 Å². The van der Waals surface area contributed by atoms with E-state index in [1.165, 1.54) is 0 Å². The fourth-order valence-electron chi connectivity index (χ4n) is 2.33. The second-order valence-corrected chi connectivity index (χ2v) is 7.64. The van der Waals surface area contributed by atoms with E-state index in [-0.39, 0.29) is 6.54 Å². The number of hydrogen-bond donors (Lipinski definition) is 1. The first-order valence-corrected chi connectivity index (χ1v) is 9.41. The van der Waals surface area contributed by atoms with E-state index in [1.54, 1.807) is 18.2 Å². The minimum Gasteiger partial charge on any atom is -0.325 e. The highest BCUT2D eigenvalue weighted by Gasteiger charge is 2.36. The van der Waals surface area contributed by atoms with E-state index >= 15 is 0 Å². The average molecular weight is 431 g/mol. The van der Waals surface area contributed by atoms with Gasteiger partial charge in [-0.05, 0) is 54.6 Å². The number of thioether (sulfide) groups is 1. The number of nitrogens with zero attached hydrogens (tertiary/aromatic N) is 1. The Morgan fingerprint density at radius 1 is 1.12 bits per heavy atom. The van der Waals surface area contributed by atoms with Gasteiger partial charge in [0.25, 0.3) is 11.1 Å². The molecule has 1 fully saturated rings. The van der Waals surface area contributed by atoms with E-state index in [9.17, 15) is 14.4 Å². The first kappa shape index (κ1) is 18.4. The van der Waals surface area contributed by atoms with Crippen LogP contribution in [0.4, 0.5) is 10.5 Å². The monoisotopic (exact) mass is 430 g/mol. The summed E-state index contributed by atoms with van der Waals surface area (Å²) < 4.78 is 0.926. The van der Waals surface area contributed by atoms with Crippen molar-refractivity contribution in [1.82, 2.24) is 4.90 Å². The zero-order valence-electron chi connectivity index (χ0n) is 13.9. The Morgan fingerprint density at radius 2 is 1.77 bits per heavy atom.